The second kappa shape index (κ2) is 6.86. The van der Waals surface area contributed by atoms with Crippen LogP contribution in [0, 0.1) is 11.1 Å². The van der Waals surface area contributed by atoms with Crippen LogP contribution in [0.25, 0.3) is 0 Å². The second-order valence-electron chi connectivity index (χ2n) is 11.2. The van der Waals surface area contributed by atoms with E-state index in [2.05, 4.69) is 5.32 Å². The number of amides is 2. The van der Waals surface area contributed by atoms with Gasteiger partial charge in [0.25, 0.3) is 0 Å². The molecule has 3 heterocycles. The number of hydrogen-bond acceptors (Lipinski definition) is 6. The van der Waals surface area contributed by atoms with E-state index in [0.717, 1.165) is 24.0 Å². The van der Waals surface area contributed by atoms with Gasteiger partial charge >= 0.3 is 6.03 Å². The van der Waals surface area contributed by atoms with Crippen molar-refractivity contribution in [1.82, 2.24) is 10.2 Å². The number of Topliss-reactive ketones (excluding diaryl/α,β-unsaturated/α-hetero) is 1. The number of nitrogens with one attached hydrogen (secondary N) is 1. The highest BCUT2D eigenvalue weighted by Gasteiger charge is 2.77. The van der Waals surface area contributed by atoms with E-state index in [4.69, 9.17) is 9.47 Å². The van der Waals surface area contributed by atoms with Crippen LogP contribution in [0.5, 0.6) is 11.5 Å². The van der Waals surface area contributed by atoms with Crippen molar-refractivity contribution in [2.24, 2.45) is 5.92 Å². The number of carbonyl (C=O) groups excluding carboxylic acids is 2. The topological polar surface area (TPSA) is 111 Å². The van der Waals surface area contributed by atoms with E-state index in [-0.39, 0.29) is 28.6 Å². The van der Waals surface area contributed by atoms with Gasteiger partial charge in [-0.15, -0.1) is 0 Å². The fourth-order valence-corrected chi connectivity index (χ4v) is 7.88. The first-order valence-corrected chi connectivity index (χ1v) is 12.7. The lowest BCUT2D eigenvalue weighted by Crippen LogP contribution is -2.85. The highest BCUT2D eigenvalue weighted by atomic mass is 16.6. The molecule has 1 spiro atoms. The first-order valence-electron chi connectivity index (χ1n) is 12.7. The van der Waals surface area contributed by atoms with Crippen LogP contribution >= 0.6 is 0 Å². The second-order valence-corrected chi connectivity index (χ2v) is 11.2. The largest absolute Gasteiger partial charge is 0.633 e. The number of urea groups is 1. The summed E-state index contributed by atoms with van der Waals surface area (Å²) < 4.78 is 11.3. The summed E-state index contributed by atoms with van der Waals surface area (Å²) in [6, 6.07) is 2.91. The molecule has 5 atom stereocenters. The summed E-state index contributed by atoms with van der Waals surface area (Å²) in [5.74, 6) is 0.825. The van der Waals surface area contributed by atoms with Gasteiger partial charge in [-0.3, -0.25) is 4.79 Å². The van der Waals surface area contributed by atoms with Gasteiger partial charge in [-0.2, -0.15) is 0 Å². The zero-order valence-corrected chi connectivity index (χ0v) is 19.3. The number of ether oxygens (including phenoxy) is 2. The Kier molecular flexibility index (Phi) is 4.23. The predicted octanol–water partition coefficient (Wildman–Crippen LogP) is 1.59. The smallest absolute Gasteiger partial charge is 0.318 e. The molecule has 0 aromatic heterocycles. The zero-order valence-electron chi connectivity index (χ0n) is 19.3. The van der Waals surface area contributed by atoms with Crippen LogP contribution in [-0.4, -0.2) is 83.5 Å². The molecule has 9 heteroatoms. The lowest BCUT2D eigenvalue weighted by molar-refractivity contribution is -0.920. The van der Waals surface area contributed by atoms with E-state index in [0.29, 0.717) is 70.3 Å². The standard InChI is InChI=1S/C25H31N3O6/c29-17-4-3-16-13-19-25(26-23(31)27-8-11-33-12-9-27)6-5-18(30)22-24(25,20(16)21(17)34-22)7-10-28(19,32)14-15-1-2-15/h3-4,15,19,22,29H,1-2,5-14H2,(H,26,31)/t19-,22+,24+,25-,28?/m1/s1. The van der Waals surface area contributed by atoms with Crippen molar-refractivity contribution in [2.75, 3.05) is 39.4 Å². The van der Waals surface area contributed by atoms with E-state index in [1.807, 2.05) is 6.07 Å². The number of quaternary nitrogens is 1. The Morgan fingerprint density at radius 3 is 2.82 bits per heavy atom. The number of aromatic hydroxyl groups is 1. The van der Waals surface area contributed by atoms with E-state index >= 15 is 0 Å². The van der Waals surface area contributed by atoms with Crippen molar-refractivity contribution in [2.45, 2.75) is 61.6 Å². The van der Waals surface area contributed by atoms with Gasteiger partial charge in [-0.1, -0.05) is 6.07 Å². The minimum atomic E-state index is -0.901. The van der Waals surface area contributed by atoms with Gasteiger partial charge in [0.1, 0.15) is 11.6 Å². The highest BCUT2D eigenvalue weighted by Crippen LogP contribution is 2.66. The maximum absolute atomic E-state index is 14.6. The number of nitrogens with zero attached hydrogens (tertiary/aromatic N) is 2. The summed E-state index contributed by atoms with van der Waals surface area (Å²) in [5, 5.41) is 28.7. The fourth-order valence-electron chi connectivity index (χ4n) is 7.88. The van der Waals surface area contributed by atoms with Gasteiger partial charge in [0, 0.05) is 43.8 Å². The van der Waals surface area contributed by atoms with Gasteiger partial charge in [0.05, 0.1) is 31.7 Å². The van der Waals surface area contributed by atoms with Gasteiger partial charge in [0.15, 0.2) is 23.4 Å². The normalized spacial score (nSPS) is 39.9. The van der Waals surface area contributed by atoms with Crippen LogP contribution in [0.15, 0.2) is 12.1 Å². The Bertz CT molecular complexity index is 1080. The van der Waals surface area contributed by atoms with Crippen LogP contribution < -0.4 is 10.1 Å². The lowest BCUT2D eigenvalue weighted by atomic mass is 9.47. The van der Waals surface area contributed by atoms with E-state index in [1.54, 1.807) is 11.0 Å². The molecule has 3 aliphatic carbocycles. The number of rotatable bonds is 3. The first kappa shape index (κ1) is 21.0. The van der Waals surface area contributed by atoms with Gasteiger partial charge in [-0.25, -0.2) is 4.79 Å². The number of hydroxylamine groups is 3. The molecule has 3 aliphatic heterocycles. The number of hydrogen-bond donors (Lipinski definition) is 2. The molecule has 2 amide bonds. The fraction of sp³-hybridized carbons (Fsp3) is 0.680. The molecule has 9 nitrogen and oxygen atoms in total. The van der Waals surface area contributed by atoms with E-state index in [1.165, 1.54) is 0 Å². The number of benzene rings is 1. The van der Waals surface area contributed by atoms with Crippen molar-refractivity contribution in [1.29, 1.82) is 0 Å². The summed E-state index contributed by atoms with van der Waals surface area (Å²) in [4.78, 5) is 28.7. The molecule has 34 heavy (non-hydrogen) atoms. The van der Waals surface area contributed by atoms with Crippen LogP contribution in [0.3, 0.4) is 0 Å². The van der Waals surface area contributed by atoms with Gasteiger partial charge < -0.3 is 34.7 Å². The predicted molar refractivity (Wildman–Crippen MR) is 120 cm³/mol. The molecule has 4 fully saturated rings. The molecule has 1 aromatic carbocycles. The summed E-state index contributed by atoms with van der Waals surface area (Å²) in [7, 11) is 0. The molecule has 1 aromatic rings. The summed E-state index contributed by atoms with van der Waals surface area (Å²) in [6.07, 6.45) is 3.04. The van der Waals surface area contributed by atoms with Crippen molar-refractivity contribution >= 4 is 11.8 Å². The van der Waals surface area contributed by atoms with Gasteiger partial charge in [-0.05, 0) is 30.9 Å². The monoisotopic (exact) mass is 469 g/mol. The molecule has 1 unspecified atom stereocenters. The van der Waals surface area contributed by atoms with E-state index < -0.39 is 23.1 Å². The third-order valence-corrected chi connectivity index (χ3v) is 9.53. The molecule has 182 valence electrons. The summed E-state index contributed by atoms with van der Waals surface area (Å²) in [6.45, 7) is 2.95. The Labute approximate surface area is 198 Å². The molecule has 0 radical (unpaired) electrons. The van der Waals surface area contributed by atoms with Crippen LogP contribution in [0.2, 0.25) is 0 Å². The van der Waals surface area contributed by atoms with Gasteiger partial charge in [0.2, 0.25) is 0 Å². The molecule has 2 N–H and O–H groups in total. The molecule has 2 saturated heterocycles. The Hall–Kier alpha value is -2.36. The van der Waals surface area contributed by atoms with Crippen molar-refractivity contribution in [3.8, 4) is 11.5 Å². The van der Waals surface area contributed by atoms with Crippen LogP contribution in [-0.2, 0) is 21.4 Å². The maximum atomic E-state index is 14.6. The number of carbonyl (C=O) groups is 2. The summed E-state index contributed by atoms with van der Waals surface area (Å²) >= 11 is 0. The SMILES string of the molecule is O=C1CC[C@@]2(NC(=O)N3CCOCC3)[C@H]3Cc4ccc(O)c5c4[C@@]2(CC[N+]3([O-])CC2CC2)[C@H]1O5. The number of likely N-dealkylation sites (tertiary alicyclic amines) is 1. The number of ketones is 1. The van der Waals surface area contributed by atoms with E-state index in [9.17, 15) is 19.9 Å². The average molecular weight is 470 g/mol. The minimum Gasteiger partial charge on any atom is -0.633 e. The molecule has 7 rings (SSSR count). The average Bonchev–Trinajstić information content (AvgIpc) is 3.56. The quantitative estimate of drug-likeness (QED) is 0.514. The molecular weight excluding hydrogens is 438 g/mol. The van der Waals surface area contributed by atoms with Crippen LogP contribution in [0.4, 0.5) is 4.79 Å². The number of phenols is 1. The van der Waals surface area contributed by atoms with Crippen molar-refractivity contribution in [3.05, 3.63) is 28.5 Å². The third-order valence-electron chi connectivity index (χ3n) is 9.53. The van der Waals surface area contributed by atoms with Crippen molar-refractivity contribution < 1.29 is 28.8 Å². The molecule has 2 saturated carbocycles. The van der Waals surface area contributed by atoms with Crippen molar-refractivity contribution in [3.63, 3.8) is 0 Å². The minimum absolute atomic E-state index is 0.00783. The first-order chi connectivity index (χ1) is 16.4. The number of phenolic OH excluding ortho intramolecular Hbond substituents is 1. The summed E-state index contributed by atoms with van der Waals surface area (Å²) in [5.41, 5.74) is 0.0932. The molecule has 2 bridgehead atoms. The third kappa shape index (κ3) is 2.55. The lowest BCUT2D eigenvalue weighted by Gasteiger charge is -2.69. The van der Waals surface area contributed by atoms with Crippen LogP contribution in [0.1, 0.15) is 43.2 Å². The Balaban J connectivity index is 1.41. The molecule has 6 aliphatic rings. The highest BCUT2D eigenvalue weighted by molar-refractivity contribution is 5.91. The maximum Gasteiger partial charge on any atom is 0.318 e. The number of piperidine rings is 1. The zero-order chi connectivity index (χ0) is 23.3. The molecular formula is C25H31N3O6. The Morgan fingerprint density at radius 1 is 1.26 bits per heavy atom. The number of morpholine rings is 1. The Morgan fingerprint density at radius 2 is 2.06 bits per heavy atom.